The molecule has 0 radical (unpaired) electrons. The zero-order valence-electron chi connectivity index (χ0n) is 8.77. The Morgan fingerprint density at radius 3 is 3.06 bits per heavy atom. The SMILES string of the molecule is O=C1NCCC[C@@H]1C(=O)Nc1ccccn1. The van der Waals surface area contributed by atoms with E-state index in [2.05, 4.69) is 15.6 Å². The van der Waals surface area contributed by atoms with Gasteiger partial charge in [0.25, 0.3) is 0 Å². The van der Waals surface area contributed by atoms with Crippen LogP contribution in [-0.4, -0.2) is 23.3 Å². The largest absolute Gasteiger partial charge is 0.355 e. The van der Waals surface area contributed by atoms with Crippen molar-refractivity contribution >= 4 is 17.6 Å². The summed E-state index contributed by atoms with van der Waals surface area (Å²) in [6.45, 7) is 0.659. The van der Waals surface area contributed by atoms with Crippen LogP contribution in [0.3, 0.4) is 0 Å². The summed E-state index contributed by atoms with van der Waals surface area (Å²) < 4.78 is 0. The molecule has 5 nitrogen and oxygen atoms in total. The second kappa shape index (κ2) is 4.74. The van der Waals surface area contributed by atoms with Crippen molar-refractivity contribution in [1.82, 2.24) is 10.3 Å². The second-order valence-electron chi connectivity index (χ2n) is 3.69. The topological polar surface area (TPSA) is 71.1 Å². The van der Waals surface area contributed by atoms with Crippen molar-refractivity contribution < 1.29 is 9.59 Å². The van der Waals surface area contributed by atoms with E-state index >= 15 is 0 Å². The number of hydrogen-bond acceptors (Lipinski definition) is 3. The lowest BCUT2D eigenvalue weighted by molar-refractivity contribution is -0.134. The Labute approximate surface area is 93.3 Å². The van der Waals surface area contributed by atoms with Crippen LogP contribution >= 0.6 is 0 Å². The summed E-state index contributed by atoms with van der Waals surface area (Å²) in [5, 5.41) is 5.31. The molecule has 1 atom stereocenters. The molecule has 5 heteroatoms. The van der Waals surface area contributed by atoms with Crippen molar-refractivity contribution in [2.75, 3.05) is 11.9 Å². The lowest BCUT2D eigenvalue weighted by atomic mass is 9.98. The fourth-order valence-corrected chi connectivity index (χ4v) is 1.67. The van der Waals surface area contributed by atoms with Crippen LogP contribution in [0.15, 0.2) is 24.4 Å². The van der Waals surface area contributed by atoms with Crippen molar-refractivity contribution in [3.63, 3.8) is 0 Å². The second-order valence-corrected chi connectivity index (χ2v) is 3.69. The van der Waals surface area contributed by atoms with Gasteiger partial charge >= 0.3 is 0 Å². The Morgan fingerprint density at radius 2 is 2.38 bits per heavy atom. The summed E-state index contributed by atoms with van der Waals surface area (Å²) in [6.07, 6.45) is 3.03. The minimum Gasteiger partial charge on any atom is -0.355 e. The molecule has 84 valence electrons. The molecular weight excluding hydrogens is 206 g/mol. The van der Waals surface area contributed by atoms with Gasteiger partial charge in [0, 0.05) is 12.7 Å². The van der Waals surface area contributed by atoms with E-state index in [0.29, 0.717) is 18.8 Å². The Balaban J connectivity index is 2.00. The third-order valence-corrected chi connectivity index (χ3v) is 2.52. The van der Waals surface area contributed by atoms with Crippen LogP contribution in [0.2, 0.25) is 0 Å². The number of nitrogens with zero attached hydrogens (tertiary/aromatic N) is 1. The highest BCUT2D eigenvalue weighted by atomic mass is 16.2. The van der Waals surface area contributed by atoms with E-state index in [0.717, 1.165) is 6.42 Å². The molecule has 0 bridgehead atoms. The van der Waals surface area contributed by atoms with E-state index in [4.69, 9.17) is 0 Å². The average molecular weight is 219 g/mol. The number of aromatic nitrogens is 1. The zero-order chi connectivity index (χ0) is 11.4. The Kier molecular flexibility index (Phi) is 3.14. The molecule has 2 rings (SSSR count). The van der Waals surface area contributed by atoms with Gasteiger partial charge in [0.05, 0.1) is 0 Å². The van der Waals surface area contributed by atoms with E-state index in [-0.39, 0.29) is 11.8 Å². The number of piperidine rings is 1. The van der Waals surface area contributed by atoms with Crippen LogP contribution in [-0.2, 0) is 9.59 Å². The van der Waals surface area contributed by atoms with Crippen LogP contribution < -0.4 is 10.6 Å². The third-order valence-electron chi connectivity index (χ3n) is 2.52. The molecule has 2 amide bonds. The van der Waals surface area contributed by atoms with Gasteiger partial charge in [-0.2, -0.15) is 0 Å². The molecule has 1 aromatic heterocycles. The molecule has 0 saturated carbocycles. The molecule has 1 saturated heterocycles. The van der Waals surface area contributed by atoms with Gasteiger partial charge < -0.3 is 10.6 Å². The fraction of sp³-hybridized carbons (Fsp3) is 0.364. The van der Waals surface area contributed by atoms with Gasteiger partial charge in [-0.05, 0) is 25.0 Å². The molecule has 0 unspecified atom stereocenters. The predicted molar refractivity (Wildman–Crippen MR) is 58.6 cm³/mol. The quantitative estimate of drug-likeness (QED) is 0.713. The number of anilines is 1. The van der Waals surface area contributed by atoms with E-state index in [1.54, 1.807) is 24.4 Å². The Bertz CT molecular complexity index is 391. The summed E-state index contributed by atoms with van der Waals surface area (Å²) in [4.78, 5) is 27.2. The maximum absolute atomic E-state index is 11.8. The van der Waals surface area contributed by atoms with Gasteiger partial charge in [0.15, 0.2) is 0 Å². The Morgan fingerprint density at radius 1 is 1.50 bits per heavy atom. The summed E-state index contributed by atoms with van der Waals surface area (Å²) in [5.74, 6) is -0.586. The number of nitrogens with one attached hydrogen (secondary N) is 2. The molecule has 16 heavy (non-hydrogen) atoms. The maximum Gasteiger partial charge on any atom is 0.238 e. The van der Waals surface area contributed by atoms with Gasteiger partial charge in [-0.15, -0.1) is 0 Å². The number of rotatable bonds is 2. The van der Waals surface area contributed by atoms with Crippen molar-refractivity contribution in [2.45, 2.75) is 12.8 Å². The van der Waals surface area contributed by atoms with Gasteiger partial charge in [-0.3, -0.25) is 9.59 Å². The van der Waals surface area contributed by atoms with Crippen LogP contribution in [0.5, 0.6) is 0 Å². The smallest absolute Gasteiger partial charge is 0.238 e. The minimum atomic E-state index is -0.587. The van der Waals surface area contributed by atoms with Crippen LogP contribution in [0.1, 0.15) is 12.8 Å². The third kappa shape index (κ3) is 2.36. The molecule has 1 aromatic rings. The van der Waals surface area contributed by atoms with E-state index in [1.165, 1.54) is 0 Å². The van der Waals surface area contributed by atoms with Gasteiger partial charge in [0.2, 0.25) is 11.8 Å². The van der Waals surface area contributed by atoms with Gasteiger partial charge in [-0.25, -0.2) is 4.98 Å². The normalized spacial score (nSPS) is 20.0. The summed E-state index contributed by atoms with van der Waals surface area (Å²) in [7, 11) is 0. The first-order valence-electron chi connectivity index (χ1n) is 5.27. The van der Waals surface area contributed by atoms with Crippen molar-refractivity contribution in [3.05, 3.63) is 24.4 Å². The maximum atomic E-state index is 11.8. The first-order valence-corrected chi connectivity index (χ1v) is 5.27. The summed E-state index contributed by atoms with van der Waals surface area (Å²) in [6, 6.07) is 5.24. The molecule has 1 fully saturated rings. The number of carbonyl (C=O) groups excluding carboxylic acids is 2. The lowest BCUT2D eigenvalue weighted by Crippen LogP contribution is -2.42. The Hall–Kier alpha value is -1.91. The van der Waals surface area contributed by atoms with E-state index in [9.17, 15) is 9.59 Å². The highest BCUT2D eigenvalue weighted by Crippen LogP contribution is 2.13. The summed E-state index contributed by atoms with van der Waals surface area (Å²) in [5.41, 5.74) is 0. The number of amides is 2. The van der Waals surface area contributed by atoms with Gasteiger partial charge in [-0.1, -0.05) is 6.07 Å². The molecule has 0 spiro atoms. The van der Waals surface area contributed by atoms with Crippen LogP contribution in [0.4, 0.5) is 5.82 Å². The predicted octanol–water partition coefficient (Wildman–Crippen LogP) is 0.546. The average Bonchev–Trinajstić information content (AvgIpc) is 2.31. The first-order chi connectivity index (χ1) is 7.77. The van der Waals surface area contributed by atoms with Crippen LogP contribution in [0, 0.1) is 5.92 Å². The zero-order valence-corrected chi connectivity index (χ0v) is 8.77. The minimum absolute atomic E-state index is 0.195. The van der Waals surface area contributed by atoms with Crippen molar-refractivity contribution in [3.8, 4) is 0 Å². The number of carbonyl (C=O) groups is 2. The van der Waals surface area contributed by atoms with Crippen LogP contribution in [0.25, 0.3) is 0 Å². The lowest BCUT2D eigenvalue weighted by Gasteiger charge is -2.20. The molecule has 1 aliphatic heterocycles. The number of hydrogen-bond donors (Lipinski definition) is 2. The number of pyridine rings is 1. The van der Waals surface area contributed by atoms with Gasteiger partial charge in [0.1, 0.15) is 11.7 Å². The molecule has 0 aliphatic carbocycles. The van der Waals surface area contributed by atoms with Crippen molar-refractivity contribution in [1.29, 1.82) is 0 Å². The molecule has 0 aromatic carbocycles. The molecule has 2 N–H and O–H groups in total. The monoisotopic (exact) mass is 219 g/mol. The highest BCUT2D eigenvalue weighted by molar-refractivity contribution is 6.06. The highest BCUT2D eigenvalue weighted by Gasteiger charge is 2.28. The van der Waals surface area contributed by atoms with E-state index < -0.39 is 5.92 Å². The molecule has 1 aliphatic rings. The van der Waals surface area contributed by atoms with E-state index in [1.807, 2.05) is 0 Å². The fourth-order valence-electron chi connectivity index (χ4n) is 1.67. The standard InChI is InChI=1S/C11H13N3O2/c15-10-8(4-3-7-13-10)11(16)14-9-5-1-2-6-12-9/h1-2,5-6,8H,3-4,7H2,(H,13,15)(H,12,14,16)/t8-/m0/s1. The molecular formula is C11H13N3O2. The summed E-state index contributed by atoms with van der Waals surface area (Å²) >= 11 is 0. The van der Waals surface area contributed by atoms with Crippen molar-refractivity contribution in [2.24, 2.45) is 5.92 Å². The first kappa shape index (κ1) is 10.6. The molecule has 2 heterocycles.